The molecule has 0 heterocycles. The lowest BCUT2D eigenvalue weighted by molar-refractivity contribution is 0.0953. The normalized spacial score (nSPS) is 9.86. The number of carbonyl (C=O) groups is 1. The molecule has 76 valence electrons. The highest BCUT2D eigenvalue weighted by atomic mass is 127. The van der Waals surface area contributed by atoms with Gasteiger partial charge in [0.2, 0.25) is 0 Å². The smallest absolute Gasteiger partial charge is 0.252 e. The quantitative estimate of drug-likeness (QED) is 0.494. The molecule has 0 unspecified atom stereocenters. The van der Waals surface area contributed by atoms with Crippen LogP contribution in [-0.2, 0) is 0 Å². The van der Waals surface area contributed by atoms with Crippen molar-refractivity contribution in [1.29, 1.82) is 0 Å². The summed E-state index contributed by atoms with van der Waals surface area (Å²) in [6.45, 7) is 0.739. The molecular formula is C10H11BrINO. The highest BCUT2D eigenvalue weighted by Crippen LogP contribution is 2.15. The molecule has 1 aromatic rings. The van der Waals surface area contributed by atoms with Crippen molar-refractivity contribution in [3.8, 4) is 0 Å². The first kappa shape index (κ1) is 12.0. The maximum absolute atomic E-state index is 11.6. The van der Waals surface area contributed by atoms with Crippen LogP contribution in [0.3, 0.4) is 0 Å². The van der Waals surface area contributed by atoms with Crippen LogP contribution in [-0.4, -0.2) is 16.9 Å². The summed E-state index contributed by atoms with van der Waals surface area (Å²) in [7, 11) is 0. The van der Waals surface area contributed by atoms with Gasteiger partial charge in [0, 0.05) is 15.4 Å². The third kappa shape index (κ3) is 3.57. The summed E-state index contributed by atoms with van der Waals surface area (Å²) in [4.78, 5) is 11.6. The summed E-state index contributed by atoms with van der Waals surface area (Å²) in [5.41, 5.74) is 0.695. The summed E-state index contributed by atoms with van der Waals surface area (Å²) in [5.74, 6) is -0.0117. The summed E-state index contributed by atoms with van der Waals surface area (Å²) >= 11 is 5.64. The summed E-state index contributed by atoms with van der Waals surface area (Å²) in [6.07, 6.45) is 1.01. The lowest BCUT2D eigenvalue weighted by Crippen LogP contribution is -2.24. The Hall–Kier alpha value is -0.100. The molecule has 1 amide bonds. The van der Waals surface area contributed by atoms with Gasteiger partial charge in [0.25, 0.3) is 5.91 Å². The number of benzene rings is 1. The van der Waals surface area contributed by atoms with E-state index in [0.717, 1.165) is 21.9 Å². The highest BCUT2D eigenvalue weighted by Gasteiger charge is 2.07. The third-order valence-electron chi connectivity index (χ3n) is 1.71. The van der Waals surface area contributed by atoms with E-state index in [-0.39, 0.29) is 5.91 Å². The maximum Gasteiger partial charge on any atom is 0.252 e. The third-order valence-corrected chi connectivity index (χ3v) is 3.17. The van der Waals surface area contributed by atoms with Gasteiger partial charge in [-0.1, -0.05) is 34.7 Å². The SMILES string of the molecule is O=C(NCCCI)c1ccccc1Br. The van der Waals surface area contributed by atoms with Crippen LogP contribution < -0.4 is 5.32 Å². The van der Waals surface area contributed by atoms with Gasteiger partial charge in [0.15, 0.2) is 0 Å². The summed E-state index contributed by atoms with van der Waals surface area (Å²) in [5, 5.41) is 2.87. The Morgan fingerprint density at radius 2 is 2.14 bits per heavy atom. The van der Waals surface area contributed by atoms with Crippen LogP contribution in [0.15, 0.2) is 28.7 Å². The molecule has 0 saturated carbocycles. The lowest BCUT2D eigenvalue weighted by Gasteiger charge is -2.05. The zero-order valence-electron chi connectivity index (χ0n) is 7.59. The Morgan fingerprint density at radius 3 is 2.79 bits per heavy atom. The number of carbonyl (C=O) groups excluding carboxylic acids is 1. The molecule has 0 spiro atoms. The number of halogens is 2. The van der Waals surface area contributed by atoms with E-state index in [1.807, 2.05) is 24.3 Å². The van der Waals surface area contributed by atoms with Crippen LogP contribution >= 0.6 is 38.5 Å². The molecule has 1 N–H and O–H groups in total. The second-order valence-corrected chi connectivity index (χ2v) is 4.71. The van der Waals surface area contributed by atoms with E-state index >= 15 is 0 Å². The predicted octanol–water partition coefficient (Wildman–Crippen LogP) is 3.00. The first-order valence-electron chi connectivity index (χ1n) is 4.34. The molecule has 0 bridgehead atoms. The molecule has 14 heavy (non-hydrogen) atoms. The maximum atomic E-state index is 11.6. The fourth-order valence-electron chi connectivity index (χ4n) is 1.01. The van der Waals surface area contributed by atoms with Gasteiger partial charge >= 0.3 is 0 Å². The minimum atomic E-state index is -0.0117. The van der Waals surface area contributed by atoms with E-state index in [9.17, 15) is 4.79 Å². The van der Waals surface area contributed by atoms with E-state index in [1.54, 1.807) is 0 Å². The van der Waals surface area contributed by atoms with Crippen molar-refractivity contribution in [1.82, 2.24) is 5.32 Å². The van der Waals surface area contributed by atoms with Crippen LogP contribution in [0.1, 0.15) is 16.8 Å². The van der Waals surface area contributed by atoms with Crippen molar-refractivity contribution in [2.24, 2.45) is 0 Å². The number of nitrogens with one attached hydrogen (secondary N) is 1. The van der Waals surface area contributed by atoms with Gasteiger partial charge in [0.05, 0.1) is 5.56 Å². The van der Waals surface area contributed by atoms with E-state index in [0.29, 0.717) is 5.56 Å². The molecule has 4 heteroatoms. The van der Waals surface area contributed by atoms with Crippen LogP contribution in [0.2, 0.25) is 0 Å². The molecular weight excluding hydrogens is 357 g/mol. The molecule has 0 saturated heterocycles. The number of hydrogen-bond donors (Lipinski definition) is 1. The Kier molecular flexibility index (Phi) is 5.47. The number of rotatable bonds is 4. The highest BCUT2D eigenvalue weighted by molar-refractivity contribution is 14.1. The fraction of sp³-hybridized carbons (Fsp3) is 0.300. The van der Waals surface area contributed by atoms with Crippen LogP contribution in [0.4, 0.5) is 0 Å². The second-order valence-electron chi connectivity index (χ2n) is 2.78. The Morgan fingerprint density at radius 1 is 1.43 bits per heavy atom. The number of amides is 1. The van der Waals surface area contributed by atoms with Gasteiger partial charge in [0.1, 0.15) is 0 Å². The first-order chi connectivity index (χ1) is 6.75. The Labute approximate surface area is 106 Å². The summed E-state index contributed by atoms with van der Waals surface area (Å²) in [6, 6.07) is 7.43. The Bertz CT molecular complexity index is 317. The van der Waals surface area contributed by atoms with E-state index < -0.39 is 0 Å². The van der Waals surface area contributed by atoms with Crippen LogP contribution in [0.25, 0.3) is 0 Å². The van der Waals surface area contributed by atoms with Gasteiger partial charge in [-0.2, -0.15) is 0 Å². The van der Waals surface area contributed by atoms with Crippen molar-refractivity contribution in [2.75, 3.05) is 11.0 Å². The largest absolute Gasteiger partial charge is 0.352 e. The first-order valence-corrected chi connectivity index (χ1v) is 6.66. The Balaban J connectivity index is 2.56. The molecule has 2 nitrogen and oxygen atoms in total. The standard InChI is InChI=1S/C10H11BrINO/c11-9-5-2-1-4-8(9)10(14)13-7-3-6-12/h1-2,4-5H,3,6-7H2,(H,13,14). The van der Waals surface area contributed by atoms with Gasteiger partial charge in [-0.3, -0.25) is 4.79 Å². The van der Waals surface area contributed by atoms with E-state index in [2.05, 4.69) is 43.8 Å². The van der Waals surface area contributed by atoms with Gasteiger partial charge in [-0.15, -0.1) is 0 Å². The minimum Gasteiger partial charge on any atom is -0.352 e. The lowest BCUT2D eigenvalue weighted by atomic mass is 10.2. The van der Waals surface area contributed by atoms with E-state index in [1.165, 1.54) is 0 Å². The van der Waals surface area contributed by atoms with Gasteiger partial charge in [-0.05, 0) is 34.5 Å². The van der Waals surface area contributed by atoms with Crippen LogP contribution in [0.5, 0.6) is 0 Å². The average molecular weight is 368 g/mol. The molecule has 1 rings (SSSR count). The molecule has 0 aromatic heterocycles. The summed E-state index contributed by atoms with van der Waals surface area (Å²) < 4.78 is 1.90. The molecule has 0 atom stereocenters. The van der Waals surface area contributed by atoms with Crippen LogP contribution in [0, 0.1) is 0 Å². The molecule has 1 aromatic carbocycles. The second kappa shape index (κ2) is 6.40. The van der Waals surface area contributed by atoms with Crippen molar-refractivity contribution >= 4 is 44.4 Å². The average Bonchev–Trinajstić information content (AvgIpc) is 2.18. The monoisotopic (exact) mass is 367 g/mol. The van der Waals surface area contributed by atoms with Gasteiger partial charge < -0.3 is 5.32 Å². The van der Waals surface area contributed by atoms with Gasteiger partial charge in [-0.25, -0.2) is 0 Å². The molecule has 0 aliphatic heterocycles. The molecule has 0 aliphatic rings. The number of hydrogen-bond acceptors (Lipinski definition) is 1. The predicted molar refractivity (Wildman–Crippen MR) is 70.0 cm³/mol. The van der Waals surface area contributed by atoms with Crippen molar-refractivity contribution in [3.63, 3.8) is 0 Å². The minimum absolute atomic E-state index is 0.0117. The van der Waals surface area contributed by atoms with Crippen molar-refractivity contribution in [2.45, 2.75) is 6.42 Å². The zero-order valence-corrected chi connectivity index (χ0v) is 11.3. The number of alkyl halides is 1. The topological polar surface area (TPSA) is 29.1 Å². The van der Waals surface area contributed by atoms with E-state index in [4.69, 9.17) is 0 Å². The molecule has 0 radical (unpaired) electrons. The fourth-order valence-corrected chi connectivity index (χ4v) is 1.86. The van der Waals surface area contributed by atoms with Crippen molar-refractivity contribution in [3.05, 3.63) is 34.3 Å². The zero-order chi connectivity index (χ0) is 10.4. The van der Waals surface area contributed by atoms with Crippen molar-refractivity contribution < 1.29 is 4.79 Å². The molecule has 0 aliphatic carbocycles. The molecule has 0 fully saturated rings.